The normalized spacial score (nSPS) is 11.0. The first-order valence-corrected chi connectivity index (χ1v) is 6.99. The van der Waals surface area contributed by atoms with E-state index in [1.807, 2.05) is 61.5 Å². The van der Waals surface area contributed by atoms with Crippen molar-refractivity contribution in [2.75, 3.05) is 0 Å². The molecule has 1 N–H and O–H groups in total. The van der Waals surface area contributed by atoms with Gasteiger partial charge in [-0.3, -0.25) is 9.78 Å². The van der Waals surface area contributed by atoms with Gasteiger partial charge in [0.25, 0.3) is 5.91 Å². The summed E-state index contributed by atoms with van der Waals surface area (Å²) in [6.45, 7) is 1.87. The second kappa shape index (κ2) is 6.18. The van der Waals surface area contributed by atoms with Crippen LogP contribution < -0.4 is 5.43 Å². The quantitative estimate of drug-likeness (QED) is 0.594. The summed E-state index contributed by atoms with van der Waals surface area (Å²) >= 11 is 0. The van der Waals surface area contributed by atoms with E-state index >= 15 is 0 Å². The lowest BCUT2D eigenvalue weighted by Crippen LogP contribution is -2.18. The highest BCUT2D eigenvalue weighted by Gasteiger charge is 2.10. The number of hydrazone groups is 1. The SMILES string of the molecule is Cc1cc(C(=O)N/N=C\c2ccccc2)c2ccccc2n1. The molecule has 108 valence electrons. The lowest BCUT2D eigenvalue weighted by atomic mass is 10.1. The summed E-state index contributed by atoms with van der Waals surface area (Å²) in [6.07, 6.45) is 1.62. The third kappa shape index (κ3) is 3.01. The van der Waals surface area contributed by atoms with Gasteiger partial charge in [-0.05, 0) is 24.6 Å². The van der Waals surface area contributed by atoms with Gasteiger partial charge in [0.15, 0.2) is 0 Å². The molecule has 0 aliphatic rings. The fraction of sp³-hybridized carbons (Fsp3) is 0.0556. The molecule has 4 nitrogen and oxygen atoms in total. The van der Waals surface area contributed by atoms with Crippen LogP contribution in [0, 0.1) is 6.92 Å². The molecule has 22 heavy (non-hydrogen) atoms. The minimum Gasteiger partial charge on any atom is -0.267 e. The van der Waals surface area contributed by atoms with Crippen molar-refractivity contribution in [1.82, 2.24) is 10.4 Å². The van der Waals surface area contributed by atoms with Gasteiger partial charge in [-0.15, -0.1) is 0 Å². The zero-order valence-corrected chi connectivity index (χ0v) is 12.2. The van der Waals surface area contributed by atoms with Crippen molar-refractivity contribution in [1.29, 1.82) is 0 Å². The van der Waals surface area contributed by atoms with Crippen LogP contribution in [0.4, 0.5) is 0 Å². The number of nitrogens with zero attached hydrogens (tertiary/aromatic N) is 2. The number of hydrogen-bond acceptors (Lipinski definition) is 3. The minimum absolute atomic E-state index is 0.242. The van der Waals surface area contributed by atoms with Crippen LogP contribution in [0.25, 0.3) is 10.9 Å². The van der Waals surface area contributed by atoms with E-state index < -0.39 is 0 Å². The molecule has 0 aliphatic carbocycles. The molecule has 4 heteroatoms. The number of fused-ring (bicyclic) bond motifs is 1. The van der Waals surface area contributed by atoms with Gasteiger partial charge in [0.2, 0.25) is 0 Å². The van der Waals surface area contributed by atoms with E-state index in [2.05, 4.69) is 15.5 Å². The molecular weight excluding hydrogens is 274 g/mol. The van der Waals surface area contributed by atoms with Gasteiger partial charge in [0.05, 0.1) is 17.3 Å². The molecular formula is C18H15N3O. The van der Waals surface area contributed by atoms with E-state index in [-0.39, 0.29) is 5.91 Å². The maximum absolute atomic E-state index is 12.3. The van der Waals surface area contributed by atoms with Crippen LogP contribution in [0.5, 0.6) is 0 Å². The van der Waals surface area contributed by atoms with E-state index in [4.69, 9.17) is 0 Å². The largest absolute Gasteiger partial charge is 0.272 e. The summed E-state index contributed by atoms with van der Waals surface area (Å²) in [4.78, 5) is 16.8. The van der Waals surface area contributed by atoms with Crippen molar-refractivity contribution in [3.8, 4) is 0 Å². The van der Waals surface area contributed by atoms with E-state index in [1.54, 1.807) is 12.3 Å². The monoisotopic (exact) mass is 289 g/mol. The molecule has 1 aromatic heterocycles. The number of amides is 1. The fourth-order valence-electron chi connectivity index (χ4n) is 2.26. The summed E-state index contributed by atoms with van der Waals surface area (Å²) < 4.78 is 0. The van der Waals surface area contributed by atoms with Gasteiger partial charge in [0.1, 0.15) is 0 Å². The highest BCUT2D eigenvalue weighted by molar-refractivity contribution is 6.06. The maximum atomic E-state index is 12.3. The van der Waals surface area contributed by atoms with Crippen LogP contribution in [0.1, 0.15) is 21.6 Å². The van der Waals surface area contributed by atoms with E-state index in [1.165, 1.54) is 0 Å². The number of rotatable bonds is 3. The third-order valence-corrected chi connectivity index (χ3v) is 3.27. The Hall–Kier alpha value is -3.01. The van der Waals surface area contributed by atoms with Crippen molar-refractivity contribution >= 4 is 23.0 Å². The average molecular weight is 289 g/mol. The van der Waals surface area contributed by atoms with Crippen molar-refractivity contribution in [3.63, 3.8) is 0 Å². The Balaban J connectivity index is 1.85. The smallest absolute Gasteiger partial charge is 0.267 e. The van der Waals surface area contributed by atoms with Crippen LogP contribution in [-0.4, -0.2) is 17.1 Å². The van der Waals surface area contributed by atoms with Gasteiger partial charge in [-0.1, -0.05) is 48.5 Å². The number of hydrogen-bond donors (Lipinski definition) is 1. The summed E-state index contributed by atoms with van der Waals surface area (Å²) in [6, 6.07) is 19.0. The van der Waals surface area contributed by atoms with E-state index in [0.717, 1.165) is 22.2 Å². The number of aromatic nitrogens is 1. The Bertz CT molecular complexity index is 841. The number of carbonyl (C=O) groups is 1. The van der Waals surface area contributed by atoms with E-state index in [0.29, 0.717) is 5.56 Å². The van der Waals surface area contributed by atoms with Crippen molar-refractivity contribution < 1.29 is 4.79 Å². The number of para-hydroxylation sites is 1. The molecule has 0 spiro atoms. The molecule has 0 saturated carbocycles. The van der Waals surface area contributed by atoms with E-state index in [9.17, 15) is 4.79 Å². The topological polar surface area (TPSA) is 54.4 Å². The molecule has 1 amide bonds. The van der Waals surface area contributed by atoms with Gasteiger partial charge >= 0.3 is 0 Å². The van der Waals surface area contributed by atoms with Crippen molar-refractivity contribution in [2.24, 2.45) is 5.10 Å². The first kappa shape index (κ1) is 13.9. The average Bonchev–Trinajstić information content (AvgIpc) is 2.55. The molecule has 0 aliphatic heterocycles. The van der Waals surface area contributed by atoms with Gasteiger partial charge in [-0.25, -0.2) is 5.43 Å². The zero-order chi connectivity index (χ0) is 15.4. The zero-order valence-electron chi connectivity index (χ0n) is 12.2. The second-order valence-electron chi connectivity index (χ2n) is 4.94. The van der Waals surface area contributed by atoms with Gasteiger partial charge in [0, 0.05) is 11.1 Å². The molecule has 0 atom stereocenters. The molecule has 0 unspecified atom stereocenters. The van der Waals surface area contributed by atoms with Gasteiger partial charge < -0.3 is 0 Å². The lowest BCUT2D eigenvalue weighted by Gasteiger charge is -2.06. The van der Waals surface area contributed by atoms with Crippen LogP contribution in [0.3, 0.4) is 0 Å². The number of nitrogens with one attached hydrogen (secondary N) is 1. The van der Waals surface area contributed by atoms with Crippen LogP contribution in [0.15, 0.2) is 65.8 Å². The standard InChI is InChI=1S/C18H15N3O/c1-13-11-16(15-9-5-6-10-17(15)20-13)18(22)21-19-12-14-7-3-2-4-8-14/h2-12H,1H3,(H,21,22)/b19-12-. The molecule has 0 saturated heterocycles. The maximum Gasteiger partial charge on any atom is 0.272 e. The summed E-state index contributed by atoms with van der Waals surface area (Å²) in [5.74, 6) is -0.242. The Morgan fingerprint density at radius 1 is 1.09 bits per heavy atom. The van der Waals surface area contributed by atoms with Crippen molar-refractivity contribution in [2.45, 2.75) is 6.92 Å². The molecule has 0 radical (unpaired) electrons. The third-order valence-electron chi connectivity index (χ3n) is 3.27. The highest BCUT2D eigenvalue weighted by atomic mass is 16.2. The van der Waals surface area contributed by atoms with Crippen molar-refractivity contribution in [3.05, 3.63) is 77.5 Å². The second-order valence-corrected chi connectivity index (χ2v) is 4.94. The van der Waals surface area contributed by atoms with Crippen LogP contribution in [-0.2, 0) is 0 Å². The molecule has 0 fully saturated rings. The minimum atomic E-state index is -0.242. The Kier molecular flexibility index (Phi) is 3.92. The van der Waals surface area contributed by atoms with Crippen LogP contribution >= 0.6 is 0 Å². The number of carbonyl (C=O) groups excluding carboxylic acids is 1. The molecule has 3 aromatic rings. The summed E-state index contributed by atoms with van der Waals surface area (Å²) in [7, 11) is 0. The molecule has 3 rings (SSSR count). The first-order valence-electron chi connectivity index (χ1n) is 6.99. The summed E-state index contributed by atoms with van der Waals surface area (Å²) in [5.41, 5.74) is 5.68. The molecule has 0 bridgehead atoms. The Morgan fingerprint density at radius 3 is 2.64 bits per heavy atom. The Morgan fingerprint density at radius 2 is 1.82 bits per heavy atom. The predicted octanol–water partition coefficient (Wildman–Crippen LogP) is 3.31. The fourth-order valence-corrected chi connectivity index (χ4v) is 2.26. The van der Waals surface area contributed by atoms with Crippen LogP contribution in [0.2, 0.25) is 0 Å². The lowest BCUT2D eigenvalue weighted by molar-refractivity contribution is 0.0956. The Labute approximate surface area is 128 Å². The number of pyridine rings is 1. The summed E-state index contributed by atoms with van der Waals surface area (Å²) in [5, 5.41) is 4.83. The molecule has 2 aromatic carbocycles. The predicted molar refractivity (Wildman–Crippen MR) is 88.0 cm³/mol. The number of benzene rings is 2. The number of aryl methyl sites for hydroxylation is 1. The van der Waals surface area contributed by atoms with Gasteiger partial charge in [-0.2, -0.15) is 5.10 Å². The molecule has 1 heterocycles. The highest BCUT2D eigenvalue weighted by Crippen LogP contribution is 2.18. The first-order chi connectivity index (χ1) is 10.7.